The van der Waals surface area contributed by atoms with Crippen LogP contribution in [0.4, 0.5) is 0 Å². The van der Waals surface area contributed by atoms with E-state index in [1.54, 1.807) is 6.26 Å². The van der Waals surface area contributed by atoms with Crippen LogP contribution in [0.1, 0.15) is 18.3 Å². The number of nitrogens with one attached hydrogen (secondary N) is 2. The molecule has 0 amide bonds. The summed E-state index contributed by atoms with van der Waals surface area (Å²) in [6, 6.07) is 13.7. The largest absolute Gasteiger partial charge is 0.461 e. The lowest BCUT2D eigenvalue weighted by atomic mass is 10.3. The molecule has 0 radical (unpaired) electrons. The number of guanidine groups is 1. The molecule has 0 spiro atoms. The van der Waals surface area contributed by atoms with E-state index in [0.29, 0.717) is 31.1 Å². The first-order valence-electron chi connectivity index (χ1n) is 10.3. The lowest BCUT2D eigenvalue weighted by molar-refractivity contribution is 0.477. The molecule has 9 nitrogen and oxygen atoms in total. The highest BCUT2D eigenvalue weighted by molar-refractivity contribution is 14.0. The van der Waals surface area contributed by atoms with Crippen LogP contribution in [0, 0.1) is 0 Å². The molecule has 0 bridgehead atoms. The van der Waals surface area contributed by atoms with Crippen molar-refractivity contribution in [2.75, 3.05) is 20.1 Å². The Labute approximate surface area is 204 Å². The van der Waals surface area contributed by atoms with Gasteiger partial charge in [-0.2, -0.15) is 10.2 Å². The molecular weight excluding hydrogens is 519 g/mol. The molecule has 3 aromatic heterocycles. The predicted molar refractivity (Wildman–Crippen MR) is 134 cm³/mol. The average molecular weight is 546 g/mol. The van der Waals surface area contributed by atoms with Crippen LogP contribution >= 0.6 is 24.0 Å². The van der Waals surface area contributed by atoms with E-state index >= 15 is 0 Å². The molecule has 168 valence electrons. The van der Waals surface area contributed by atoms with Crippen LogP contribution in [0.25, 0.3) is 17.3 Å². The van der Waals surface area contributed by atoms with E-state index in [0.717, 1.165) is 29.6 Å². The molecule has 0 saturated heterocycles. The van der Waals surface area contributed by atoms with E-state index in [1.165, 1.54) is 0 Å². The lowest BCUT2D eigenvalue weighted by Crippen LogP contribution is -2.38. The first-order chi connectivity index (χ1) is 15.2. The van der Waals surface area contributed by atoms with Crippen molar-refractivity contribution < 1.29 is 4.42 Å². The summed E-state index contributed by atoms with van der Waals surface area (Å²) in [6.07, 6.45) is 6.19. The second-order valence-corrected chi connectivity index (χ2v) is 7.05. The molecule has 0 atom stereocenters. The number of H-pyrrole nitrogens is 1. The van der Waals surface area contributed by atoms with Gasteiger partial charge in [0.05, 0.1) is 18.1 Å². The minimum Gasteiger partial charge on any atom is -0.461 e. The first kappa shape index (κ1) is 23.5. The molecule has 2 N–H and O–H groups in total. The fraction of sp³-hybridized carbons (Fsp3) is 0.273. The van der Waals surface area contributed by atoms with Crippen molar-refractivity contribution >= 4 is 29.9 Å². The topological polar surface area (TPSA) is 100 Å². The number of furan rings is 1. The Morgan fingerprint density at radius 3 is 2.81 bits per heavy atom. The molecule has 10 heteroatoms. The monoisotopic (exact) mass is 546 g/mol. The molecule has 3 heterocycles. The molecular formula is C22H27IN8O. The molecule has 0 aliphatic heterocycles. The van der Waals surface area contributed by atoms with Crippen molar-refractivity contribution in [2.45, 2.75) is 19.9 Å². The summed E-state index contributed by atoms with van der Waals surface area (Å²) in [5.41, 5.74) is 2.15. The van der Waals surface area contributed by atoms with Crippen LogP contribution < -0.4 is 5.32 Å². The maximum absolute atomic E-state index is 5.33. The van der Waals surface area contributed by atoms with Crippen molar-refractivity contribution in [2.24, 2.45) is 4.99 Å². The predicted octanol–water partition coefficient (Wildman–Crippen LogP) is 3.51. The molecule has 1 aromatic carbocycles. The van der Waals surface area contributed by atoms with Gasteiger partial charge in [-0.15, -0.1) is 24.0 Å². The van der Waals surface area contributed by atoms with Gasteiger partial charge in [0.25, 0.3) is 0 Å². The van der Waals surface area contributed by atoms with E-state index < -0.39 is 0 Å². The summed E-state index contributed by atoms with van der Waals surface area (Å²) < 4.78 is 7.21. The van der Waals surface area contributed by atoms with Crippen LogP contribution in [0.2, 0.25) is 0 Å². The quantitative estimate of drug-likeness (QED) is 0.199. The van der Waals surface area contributed by atoms with Gasteiger partial charge >= 0.3 is 0 Å². The molecule has 0 saturated carbocycles. The number of halogens is 1. The Morgan fingerprint density at radius 2 is 2.06 bits per heavy atom. The third-order valence-corrected chi connectivity index (χ3v) is 4.66. The Bertz CT molecular complexity index is 1100. The van der Waals surface area contributed by atoms with Crippen molar-refractivity contribution in [1.29, 1.82) is 0 Å². The fourth-order valence-electron chi connectivity index (χ4n) is 3.17. The minimum absolute atomic E-state index is 0. The molecule has 4 aromatic rings. The molecule has 0 aliphatic carbocycles. The number of benzene rings is 1. The van der Waals surface area contributed by atoms with Crippen LogP contribution in [0.15, 0.2) is 70.5 Å². The summed E-state index contributed by atoms with van der Waals surface area (Å²) in [6.45, 7) is 4.13. The number of hydrogen-bond donors (Lipinski definition) is 2. The highest BCUT2D eigenvalue weighted by Crippen LogP contribution is 2.14. The van der Waals surface area contributed by atoms with Gasteiger partial charge in [0, 0.05) is 44.9 Å². The molecule has 0 aliphatic rings. The number of aromatic amines is 1. The van der Waals surface area contributed by atoms with E-state index in [-0.39, 0.29) is 24.0 Å². The summed E-state index contributed by atoms with van der Waals surface area (Å²) in [7, 11) is 2.02. The number of rotatable bonds is 8. The van der Waals surface area contributed by atoms with Gasteiger partial charge in [0.2, 0.25) is 5.82 Å². The Balaban J connectivity index is 0.00000289. The number of hydrogen-bond acceptors (Lipinski definition) is 5. The van der Waals surface area contributed by atoms with Crippen molar-refractivity contribution in [3.8, 4) is 17.3 Å². The Morgan fingerprint density at radius 1 is 1.22 bits per heavy atom. The van der Waals surface area contributed by atoms with Gasteiger partial charge < -0.3 is 14.6 Å². The zero-order chi connectivity index (χ0) is 21.5. The second-order valence-electron chi connectivity index (χ2n) is 7.05. The summed E-state index contributed by atoms with van der Waals surface area (Å²) in [5.74, 6) is 2.82. The van der Waals surface area contributed by atoms with Gasteiger partial charge in [-0.3, -0.25) is 10.1 Å². The van der Waals surface area contributed by atoms with Crippen molar-refractivity contribution in [1.82, 2.24) is 35.2 Å². The summed E-state index contributed by atoms with van der Waals surface area (Å²) in [5, 5.41) is 15.0. The maximum Gasteiger partial charge on any atom is 0.216 e. The lowest BCUT2D eigenvalue weighted by Gasteiger charge is -2.21. The Kier molecular flexibility index (Phi) is 8.42. The van der Waals surface area contributed by atoms with Gasteiger partial charge in [-0.25, -0.2) is 9.67 Å². The van der Waals surface area contributed by atoms with Gasteiger partial charge in [0.1, 0.15) is 5.82 Å². The fourth-order valence-corrected chi connectivity index (χ4v) is 3.17. The number of aliphatic imine (C=N–C) groups is 1. The van der Waals surface area contributed by atoms with Gasteiger partial charge in [-0.05, 0) is 31.2 Å². The SMILES string of the molecule is CCNC(=NCCc1nc(-c2ccco2)n[nH]1)N(C)Cc1cnn(-c2ccccc2)c1.I. The Hall–Kier alpha value is -3.15. The summed E-state index contributed by atoms with van der Waals surface area (Å²) in [4.78, 5) is 11.3. The van der Waals surface area contributed by atoms with E-state index in [4.69, 9.17) is 9.41 Å². The van der Waals surface area contributed by atoms with Crippen LogP contribution in [0.3, 0.4) is 0 Å². The zero-order valence-corrected chi connectivity index (χ0v) is 20.4. The second kappa shape index (κ2) is 11.5. The maximum atomic E-state index is 5.33. The number of aromatic nitrogens is 5. The van der Waals surface area contributed by atoms with E-state index in [1.807, 2.05) is 66.6 Å². The number of para-hydroxylation sites is 1. The molecule has 32 heavy (non-hydrogen) atoms. The zero-order valence-electron chi connectivity index (χ0n) is 18.1. The smallest absolute Gasteiger partial charge is 0.216 e. The van der Waals surface area contributed by atoms with Crippen molar-refractivity contribution in [3.63, 3.8) is 0 Å². The highest BCUT2D eigenvalue weighted by Gasteiger charge is 2.10. The first-order valence-corrected chi connectivity index (χ1v) is 10.3. The number of nitrogens with zero attached hydrogens (tertiary/aromatic N) is 6. The molecule has 0 unspecified atom stereocenters. The van der Waals surface area contributed by atoms with Crippen LogP contribution in [-0.4, -0.2) is 56.0 Å². The van der Waals surface area contributed by atoms with E-state index in [9.17, 15) is 0 Å². The highest BCUT2D eigenvalue weighted by atomic mass is 127. The summed E-state index contributed by atoms with van der Waals surface area (Å²) >= 11 is 0. The van der Waals surface area contributed by atoms with Crippen molar-refractivity contribution in [3.05, 3.63) is 72.5 Å². The standard InChI is InChI=1S/C22H26N8O.HI/c1-3-23-22(24-12-11-20-26-21(28-27-20)19-10-7-13-31-19)29(2)15-17-14-25-30(16-17)18-8-5-4-6-9-18;/h4-10,13-14,16H,3,11-12,15H2,1-2H3,(H,23,24)(H,26,27,28);1H. The minimum atomic E-state index is 0. The van der Waals surface area contributed by atoms with Gasteiger partial charge in [-0.1, -0.05) is 18.2 Å². The third kappa shape index (κ3) is 5.96. The van der Waals surface area contributed by atoms with Gasteiger partial charge in [0.15, 0.2) is 11.7 Å². The molecule has 0 fully saturated rings. The third-order valence-electron chi connectivity index (χ3n) is 4.66. The van der Waals surface area contributed by atoms with E-state index in [2.05, 4.69) is 37.4 Å². The average Bonchev–Trinajstić information content (AvgIpc) is 3.55. The van der Waals surface area contributed by atoms with Crippen LogP contribution in [-0.2, 0) is 13.0 Å². The normalized spacial score (nSPS) is 11.2. The van der Waals surface area contributed by atoms with Crippen LogP contribution in [0.5, 0.6) is 0 Å². The molecule has 4 rings (SSSR count).